The van der Waals surface area contributed by atoms with Gasteiger partial charge in [-0.1, -0.05) is 39.0 Å². The lowest BCUT2D eigenvalue weighted by Gasteiger charge is -2.21. The van der Waals surface area contributed by atoms with Gasteiger partial charge in [0.2, 0.25) is 5.65 Å². The minimum absolute atomic E-state index is 0.201. The van der Waals surface area contributed by atoms with Crippen molar-refractivity contribution in [3.63, 3.8) is 0 Å². The molecule has 3 aromatic rings. The number of benzene rings is 1. The third-order valence-electron chi connectivity index (χ3n) is 5.09. The Hall–Kier alpha value is -2.59. The first-order chi connectivity index (χ1) is 14.0. The first kappa shape index (κ1) is 20.7. The molecule has 2 aromatic heterocycles. The summed E-state index contributed by atoms with van der Waals surface area (Å²) in [5, 5.41) is 19.1. The number of β-amino-alcohol motifs (C(OH)–C–C–N with tert-alkyl or cyclic N) is 1. The molecule has 0 aliphatic carbocycles. The van der Waals surface area contributed by atoms with E-state index < -0.39 is 15.9 Å². The number of aromatic nitrogens is 5. The predicted octanol–water partition coefficient (Wildman–Crippen LogP) is 1.54. The minimum Gasteiger partial charge on any atom is -0.391 e. The fourth-order valence-electron chi connectivity index (χ4n) is 3.55. The molecule has 0 saturated carbocycles. The van der Waals surface area contributed by atoms with Crippen molar-refractivity contribution in [2.45, 2.75) is 50.2 Å². The molecule has 3 heterocycles. The highest BCUT2D eigenvalue weighted by Gasteiger charge is 2.28. The topological polar surface area (TPSA) is 114 Å². The molecule has 1 fully saturated rings. The van der Waals surface area contributed by atoms with Crippen LogP contribution >= 0.6 is 0 Å². The van der Waals surface area contributed by atoms with Crippen molar-refractivity contribution in [2.24, 2.45) is 0 Å². The zero-order valence-corrected chi connectivity index (χ0v) is 18.4. The molecule has 0 bridgehead atoms. The molecule has 1 aliphatic rings. The zero-order chi connectivity index (χ0) is 21.7. The average molecular weight is 431 g/mol. The number of aliphatic hydroxyl groups excluding tert-OH is 1. The highest BCUT2D eigenvalue weighted by molar-refractivity contribution is 7.90. The molecular formula is C20H26N6O3S. The molecule has 1 atom stereocenters. The Morgan fingerprint density at radius 3 is 2.53 bits per heavy atom. The van der Waals surface area contributed by atoms with Gasteiger partial charge in [0, 0.05) is 24.8 Å². The van der Waals surface area contributed by atoms with E-state index >= 15 is 0 Å². The van der Waals surface area contributed by atoms with Crippen LogP contribution in [0.4, 0.5) is 5.82 Å². The fourth-order valence-corrected chi connectivity index (χ4v) is 4.48. The van der Waals surface area contributed by atoms with E-state index in [1.54, 1.807) is 24.3 Å². The van der Waals surface area contributed by atoms with Gasteiger partial charge in [0.05, 0.1) is 17.5 Å². The molecule has 1 saturated heterocycles. The first-order valence-electron chi connectivity index (χ1n) is 9.87. The van der Waals surface area contributed by atoms with Crippen LogP contribution in [0.3, 0.4) is 0 Å². The SMILES string of the molecule is CC(C)(C)c1nc(N2CCC(O)C2)c2nn(Cc3ccccc3S(C)(=O)=O)nc2n1. The normalized spacial score (nSPS) is 17.8. The molecule has 30 heavy (non-hydrogen) atoms. The van der Waals surface area contributed by atoms with E-state index in [9.17, 15) is 13.5 Å². The lowest BCUT2D eigenvalue weighted by molar-refractivity contribution is 0.198. The molecule has 1 aliphatic heterocycles. The molecule has 160 valence electrons. The Balaban J connectivity index is 1.81. The van der Waals surface area contributed by atoms with E-state index in [0.717, 1.165) is 0 Å². The highest BCUT2D eigenvalue weighted by atomic mass is 32.2. The van der Waals surface area contributed by atoms with E-state index in [2.05, 4.69) is 15.2 Å². The van der Waals surface area contributed by atoms with Crippen molar-refractivity contribution in [2.75, 3.05) is 24.2 Å². The van der Waals surface area contributed by atoms with Crippen LogP contribution in [0.1, 0.15) is 38.6 Å². The van der Waals surface area contributed by atoms with Crippen molar-refractivity contribution in [1.82, 2.24) is 25.0 Å². The van der Waals surface area contributed by atoms with Crippen LogP contribution in [0.15, 0.2) is 29.2 Å². The molecule has 4 rings (SSSR count). The summed E-state index contributed by atoms with van der Waals surface area (Å²) in [6.07, 6.45) is 1.47. The lowest BCUT2D eigenvalue weighted by Crippen LogP contribution is -2.25. The predicted molar refractivity (Wildman–Crippen MR) is 113 cm³/mol. The molecule has 0 radical (unpaired) electrons. The second-order valence-electron chi connectivity index (χ2n) is 8.79. The van der Waals surface area contributed by atoms with Gasteiger partial charge in [-0.2, -0.15) is 4.80 Å². The van der Waals surface area contributed by atoms with Crippen molar-refractivity contribution < 1.29 is 13.5 Å². The maximum atomic E-state index is 12.1. The molecule has 0 spiro atoms. The van der Waals surface area contributed by atoms with Gasteiger partial charge in [0.25, 0.3) is 0 Å². The zero-order valence-electron chi connectivity index (χ0n) is 17.6. The van der Waals surface area contributed by atoms with Gasteiger partial charge in [-0.3, -0.25) is 0 Å². The van der Waals surface area contributed by atoms with Gasteiger partial charge < -0.3 is 10.0 Å². The summed E-state index contributed by atoms with van der Waals surface area (Å²) in [6, 6.07) is 6.84. The van der Waals surface area contributed by atoms with E-state index in [4.69, 9.17) is 4.98 Å². The maximum absolute atomic E-state index is 12.1. The smallest absolute Gasteiger partial charge is 0.207 e. The monoisotopic (exact) mass is 430 g/mol. The van der Waals surface area contributed by atoms with Crippen LogP contribution in [-0.4, -0.2) is 63.9 Å². The number of hydrogen-bond acceptors (Lipinski definition) is 8. The number of sulfone groups is 1. The number of nitrogens with zero attached hydrogens (tertiary/aromatic N) is 6. The van der Waals surface area contributed by atoms with E-state index in [1.807, 2.05) is 25.7 Å². The van der Waals surface area contributed by atoms with Crippen molar-refractivity contribution in [3.05, 3.63) is 35.7 Å². The highest BCUT2D eigenvalue weighted by Crippen LogP contribution is 2.29. The number of aliphatic hydroxyl groups is 1. The Bertz CT molecular complexity index is 1200. The average Bonchev–Trinajstić information content (AvgIpc) is 3.25. The Labute approximate surface area is 175 Å². The molecule has 1 aromatic carbocycles. The molecule has 0 amide bonds. The Kier molecular flexibility index (Phi) is 5.01. The number of hydrogen-bond donors (Lipinski definition) is 1. The Morgan fingerprint density at radius 1 is 1.17 bits per heavy atom. The number of anilines is 1. The van der Waals surface area contributed by atoms with E-state index in [-0.39, 0.29) is 16.9 Å². The number of fused-ring (bicyclic) bond motifs is 1. The standard InChI is InChI=1S/C20H26N6O3S/c1-20(2,3)19-21-17-16(18(22-19)25-10-9-14(27)12-25)23-26(24-17)11-13-7-5-6-8-15(13)30(4,28)29/h5-8,14,27H,9-12H2,1-4H3. The summed E-state index contributed by atoms with van der Waals surface area (Å²) in [5.74, 6) is 1.30. The molecule has 9 nitrogen and oxygen atoms in total. The van der Waals surface area contributed by atoms with Crippen LogP contribution in [0.2, 0.25) is 0 Å². The van der Waals surface area contributed by atoms with Crippen LogP contribution < -0.4 is 4.90 Å². The van der Waals surface area contributed by atoms with Crippen molar-refractivity contribution >= 4 is 26.8 Å². The van der Waals surface area contributed by atoms with Crippen molar-refractivity contribution in [1.29, 1.82) is 0 Å². The quantitative estimate of drug-likeness (QED) is 0.663. The van der Waals surface area contributed by atoms with Crippen LogP contribution in [-0.2, 0) is 21.8 Å². The van der Waals surface area contributed by atoms with Crippen LogP contribution in [0.25, 0.3) is 11.2 Å². The van der Waals surface area contributed by atoms with E-state index in [1.165, 1.54) is 11.1 Å². The fraction of sp³-hybridized carbons (Fsp3) is 0.500. The van der Waals surface area contributed by atoms with Crippen LogP contribution in [0.5, 0.6) is 0 Å². The summed E-state index contributed by atoms with van der Waals surface area (Å²) in [7, 11) is -3.37. The van der Waals surface area contributed by atoms with Gasteiger partial charge in [-0.05, 0) is 18.1 Å². The molecular weight excluding hydrogens is 404 g/mol. The summed E-state index contributed by atoms with van der Waals surface area (Å²) in [4.78, 5) is 13.1. The van der Waals surface area contributed by atoms with Gasteiger partial charge in [0.1, 0.15) is 5.82 Å². The third-order valence-corrected chi connectivity index (χ3v) is 6.29. The second kappa shape index (κ2) is 7.28. The van der Waals surface area contributed by atoms with Gasteiger partial charge in [-0.15, -0.1) is 10.2 Å². The molecule has 1 N–H and O–H groups in total. The largest absolute Gasteiger partial charge is 0.391 e. The van der Waals surface area contributed by atoms with E-state index in [0.29, 0.717) is 47.9 Å². The third kappa shape index (κ3) is 4.01. The maximum Gasteiger partial charge on any atom is 0.207 e. The summed E-state index contributed by atoms with van der Waals surface area (Å²) in [5.41, 5.74) is 1.34. The first-order valence-corrected chi connectivity index (χ1v) is 11.8. The summed E-state index contributed by atoms with van der Waals surface area (Å²) >= 11 is 0. The van der Waals surface area contributed by atoms with Gasteiger partial charge >= 0.3 is 0 Å². The minimum atomic E-state index is -3.37. The summed E-state index contributed by atoms with van der Waals surface area (Å²) < 4.78 is 24.3. The van der Waals surface area contributed by atoms with Crippen LogP contribution in [0, 0.1) is 0 Å². The number of rotatable bonds is 4. The summed E-state index contributed by atoms with van der Waals surface area (Å²) in [6.45, 7) is 7.46. The van der Waals surface area contributed by atoms with Gasteiger partial charge in [0.15, 0.2) is 21.2 Å². The molecule has 1 unspecified atom stereocenters. The Morgan fingerprint density at radius 2 is 1.90 bits per heavy atom. The second-order valence-corrected chi connectivity index (χ2v) is 10.8. The molecule has 10 heteroatoms. The van der Waals surface area contributed by atoms with Gasteiger partial charge in [-0.25, -0.2) is 18.4 Å². The lowest BCUT2D eigenvalue weighted by atomic mass is 9.96. The van der Waals surface area contributed by atoms with Crippen molar-refractivity contribution in [3.8, 4) is 0 Å².